The van der Waals surface area contributed by atoms with E-state index in [1.807, 2.05) is 0 Å². The predicted molar refractivity (Wildman–Crippen MR) is 79.0 cm³/mol. The Balaban J connectivity index is 2.23. The molecule has 0 spiro atoms. The standard InChI is InChI=1S/C16H15Br/c1-12-3-7-15(13(2)11-12)8-4-14-5-9-16(17)10-6-14/h3-11H,1-2H3/b8-4+. The Kier molecular flexibility index (Phi) is 3.80. The van der Waals surface area contributed by atoms with E-state index in [2.05, 4.69) is 84.4 Å². The number of hydrogen-bond acceptors (Lipinski definition) is 0. The Morgan fingerprint density at radius 1 is 0.882 bits per heavy atom. The van der Waals surface area contributed by atoms with Crippen molar-refractivity contribution < 1.29 is 0 Å². The highest BCUT2D eigenvalue weighted by Crippen LogP contribution is 2.16. The first kappa shape index (κ1) is 12.1. The monoisotopic (exact) mass is 286 g/mol. The van der Waals surface area contributed by atoms with Crippen LogP contribution >= 0.6 is 15.9 Å². The molecule has 86 valence electrons. The van der Waals surface area contributed by atoms with E-state index in [1.54, 1.807) is 0 Å². The van der Waals surface area contributed by atoms with E-state index < -0.39 is 0 Å². The van der Waals surface area contributed by atoms with E-state index in [0.29, 0.717) is 0 Å². The largest absolute Gasteiger partial charge is 0.0587 e. The highest BCUT2D eigenvalue weighted by atomic mass is 79.9. The zero-order chi connectivity index (χ0) is 12.3. The van der Waals surface area contributed by atoms with E-state index >= 15 is 0 Å². The molecule has 0 unspecified atom stereocenters. The summed E-state index contributed by atoms with van der Waals surface area (Å²) < 4.78 is 1.11. The molecule has 2 aromatic rings. The summed E-state index contributed by atoms with van der Waals surface area (Å²) in [7, 11) is 0. The fourth-order valence-corrected chi connectivity index (χ4v) is 2.04. The van der Waals surface area contributed by atoms with Crippen LogP contribution in [-0.4, -0.2) is 0 Å². The van der Waals surface area contributed by atoms with E-state index in [4.69, 9.17) is 0 Å². The van der Waals surface area contributed by atoms with E-state index in [-0.39, 0.29) is 0 Å². The maximum atomic E-state index is 3.44. The molecule has 0 nitrogen and oxygen atoms in total. The van der Waals surface area contributed by atoms with Crippen molar-refractivity contribution in [3.05, 3.63) is 69.2 Å². The maximum absolute atomic E-state index is 3.44. The van der Waals surface area contributed by atoms with Crippen LogP contribution < -0.4 is 0 Å². The first-order valence-corrected chi connectivity index (χ1v) is 6.45. The van der Waals surface area contributed by atoms with Crippen molar-refractivity contribution in [2.75, 3.05) is 0 Å². The van der Waals surface area contributed by atoms with Crippen molar-refractivity contribution in [3.8, 4) is 0 Å². The summed E-state index contributed by atoms with van der Waals surface area (Å²) in [5, 5.41) is 0. The minimum absolute atomic E-state index is 1.11. The molecule has 2 rings (SSSR count). The Morgan fingerprint density at radius 2 is 1.59 bits per heavy atom. The molecule has 0 saturated carbocycles. The van der Waals surface area contributed by atoms with Crippen LogP contribution in [0.15, 0.2) is 46.9 Å². The van der Waals surface area contributed by atoms with Crippen LogP contribution in [0.1, 0.15) is 22.3 Å². The average Bonchev–Trinajstić information content (AvgIpc) is 2.30. The van der Waals surface area contributed by atoms with Gasteiger partial charge >= 0.3 is 0 Å². The van der Waals surface area contributed by atoms with Gasteiger partial charge in [0.1, 0.15) is 0 Å². The normalized spacial score (nSPS) is 11.0. The third-order valence-corrected chi connectivity index (χ3v) is 3.28. The van der Waals surface area contributed by atoms with Crippen LogP contribution in [0.5, 0.6) is 0 Å². The molecule has 0 aliphatic heterocycles. The minimum Gasteiger partial charge on any atom is -0.0587 e. The van der Waals surface area contributed by atoms with Crippen molar-refractivity contribution >= 4 is 28.1 Å². The second kappa shape index (κ2) is 5.33. The van der Waals surface area contributed by atoms with Crippen molar-refractivity contribution in [2.24, 2.45) is 0 Å². The lowest BCUT2D eigenvalue weighted by Gasteiger charge is -2.01. The van der Waals surface area contributed by atoms with Gasteiger partial charge in [0.05, 0.1) is 0 Å². The topological polar surface area (TPSA) is 0 Å². The van der Waals surface area contributed by atoms with Crippen LogP contribution in [0, 0.1) is 13.8 Å². The minimum atomic E-state index is 1.11. The molecule has 2 aromatic carbocycles. The summed E-state index contributed by atoms with van der Waals surface area (Å²) in [6, 6.07) is 14.8. The number of aryl methyl sites for hydroxylation is 2. The molecule has 0 aliphatic carbocycles. The summed E-state index contributed by atoms with van der Waals surface area (Å²) in [4.78, 5) is 0. The molecule has 0 N–H and O–H groups in total. The highest BCUT2D eigenvalue weighted by molar-refractivity contribution is 9.10. The smallest absolute Gasteiger partial charge is 0.0175 e. The Labute approximate surface area is 111 Å². The van der Waals surface area contributed by atoms with Gasteiger partial charge < -0.3 is 0 Å². The number of halogens is 1. The number of benzene rings is 2. The van der Waals surface area contributed by atoms with E-state index in [0.717, 1.165) is 4.47 Å². The van der Waals surface area contributed by atoms with Gasteiger partial charge in [0.15, 0.2) is 0 Å². The second-order valence-electron chi connectivity index (χ2n) is 4.24. The summed E-state index contributed by atoms with van der Waals surface area (Å²) >= 11 is 3.44. The number of hydrogen-bond donors (Lipinski definition) is 0. The fraction of sp³-hybridized carbons (Fsp3) is 0.125. The lowest BCUT2D eigenvalue weighted by molar-refractivity contribution is 1.37. The Morgan fingerprint density at radius 3 is 2.24 bits per heavy atom. The molecule has 0 radical (unpaired) electrons. The summed E-state index contributed by atoms with van der Waals surface area (Å²) in [6.07, 6.45) is 4.31. The van der Waals surface area contributed by atoms with Crippen molar-refractivity contribution in [1.29, 1.82) is 0 Å². The fourth-order valence-electron chi connectivity index (χ4n) is 1.77. The van der Waals surface area contributed by atoms with Crippen LogP contribution in [0.2, 0.25) is 0 Å². The van der Waals surface area contributed by atoms with Gasteiger partial charge in [-0.25, -0.2) is 0 Å². The number of rotatable bonds is 2. The lowest BCUT2D eigenvalue weighted by Crippen LogP contribution is -1.81. The average molecular weight is 287 g/mol. The van der Waals surface area contributed by atoms with Gasteiger partial charge in [0.2, 0.25) is 0 Å². The SMILES string of the molecule is Cc1ccc(/C=C/c2ccc(Br)cc2)c(C)c1. The molecule has 0 aromatic heterocycles. The van der Waals surface area contributed by atoms with Crippen LogP contribution in [0.4, 0.5) is 0 Å². The molecule has 0 heterocycles. The third kappa shape index (κ3) is 3.31. The molecular formula is C16H15Br. The predicted octanol–water partition coefficient (Wildman–Crippen LogP) is 5.24. The third-order valence-electron chi connectivity index (χ3n) is 2.75. The first-order chi connectivity index (χ1) is 8.15. The molecule has 1 heteroatoms. The van der Waals surface area contributed by atoms with E-state index in [1.165, 1.54) is 22.3 Å². The molecular weight excluding hydrogens is 272 g/mol. The van der Waals surface area contributed by atoms with Gasteiger partial charge in [-0.15, -0.1) is 0 Å². The molecule has 0 bridgehead atoms. The van der Waals surface area contributed by atoms with Crippen molar-refractivity contribution in [3.63, 3.8) is 0 Å². The Bertz CT molecular complexity index is 536. The van der Waals surface area contributed by atoms with Gasteiger partial charge in [-0.3, -0.25) is 0 Å². The quantitative estimate of drug-likeness (QED) is 0.663. The second-order valence-corrected chi connectivity index (χ2v) is 5.16. The highest BCUT2D eigenvalue weighted by Gasteiger charge is 1.94. The summed E-state index contributed by atoms with van der Waals surface area (Å²) in [5.41, 5.74) is 5.12. The zero-order valence-corrected chi connectivity index (χ0v) is 11.7. The van der Waals surface area contributed by atoms with Gasteiger partial charge in [-0.2, -0.15) is 0 Å². The van der Waals surface area contributed by atoms with Crippen LogP contribution in [0.25, 0.3) is 12.2 Å². The van der Waals surface area contributed by atoms with Crippen molar-refractivity contribution in [2.45, 2.75) is 13.8 Å². The van der Waals surface area contributed by atoms with Crippen molar-refractivity contribution in [1.82, 2.24) is 0 Å². The van der Waals surface area contributed by atoms with E-state index in [9.17, 15) is 0 Å². The summed E-state index contributed by atoms with van der Waals surface area (Å²) in [5.74, 6) is 0. The van der Waals surface area contributed by atoms with Gasteiger partial charge in [0.25, 0.3) is 0 Å². The van der Waals surface area contributed by atoms with Gasteiger partial charge in [-0.1, -0.05) is 64.0 Å². The molecule has 0 fully saturated rings. The molecule has 0 aliphatic rings. The first-order valence-electron chi connectivity index (χ1n) is 5.66. The Hall–Kier alpha value is -1.34. The zero-order valence-electron chi connectivity index (χ0n) is 10.1. The molecule has 0 amide bonds. The van der Waals surface area contributed by atoms with Crippen LogP contribution in [-0.2, 0) is 0 Å². The maximum Gasteiger partial charge on any atom is 0.0175 e. The van der Waals surface area contributed by atoms with Gasteiger partial charge in [0, 0.05) is 4.47 Å². The lowest BCUT2D eigenvalue weighted by atomic mass is 10.0. The summed E-state index contributed by atoms with van der Waals surface area (Å²) in [6.45, 7) is 4.27. The van der Waals surface area contributed by atoms with Crippen LogP contribution in [0.3, 0.4) is 0 Å². The molecule has 17 heavy (non-hydrogen) atoms. The van der Waals surface area contributed by atoms with Gasteiger partial charge in [-0.05, 0) is 42.7 Å². The molecule has 0 atom stereocenters. The molecule has 0 saturated heterocycles.